The number of nitrogens with one attached hydrogen (secondary N) is 1. The summed E-state index contributed by atoms with van der Waals surface area (Å²) in [6.07, 6.45) is 1.10. The van der Waals surface area contributed by atoms with E-state index in [0.717, 1.165) is 0 Å². The molecule has 0 unspecified atom stereocenters. The van der Waals surface area contributed by atoms with Gasteiger partial charge in [0.1, 0.15) is 5.82 Å². The highest BCUT2D eigenvalue weighted by Crippen LogP contribution is 2.38. The van der Waals surface area contributed by atoms with E-state index in [0.29, 0.717) is 32.6 Å². The van der Waals surface area contributed by atoms with Crippen LogP contribution in [0.5, 0.6) is 0 Å². The van der Waals surface area contributed by atoms with Gasteiger partial charge in [0.15, 0.2) is 0 Å². The Hall–Kier alpha value is -1.46. The van der Waals surface area contributed by atoms with Crippen molar-refractivity contribution >= 4 is 5.91 Å². The van der Waals surface area contributed by atoms with E-state index < -0.39 is 16.8 Å². The van der Waals surface area contributed by atoms with E-state index in [2.05, 4.69) is 5.32 Å². The van der Waals surface area contributed by atoms with E-state index in [-0.39, 0.29) is 11.5 Å². The van der Waals surface area contributed by atoms with Crippen molar-refractivity contribution in [1.82, 2.24) is 5.32 Å². The first-order valence-electron chi connectivity index (χ1n) is 7.18. The molecule has 1 aromatic carbocycles. The molecule has 1 aromatic rings. The maximum atomic E-state index is 13.1. The van der Waals surface area contributed by atoms with Crippen LogP contribution >= 0.6 is 0 Å². The summed E-state index contributed by atoms with van der Waals surface area (Å²) in [5.74, 6) is -0.775. The molecule has 21 heavy (non-hydrogen) atoms. The number of benzene rings is 1. The van der Waals surface area contributed by atoms with E-state index in [4.69, 9.17) is 4.74 Å². The van der Waals surface area contributed by atoms with Crippen molar-refractivity contribution in [1.29, 1.82) is 0 Å². The molecule has 5 heteroatoms. The predicted octanol–water partition coefficient (Wildman–Crippen LogP) is 2.12. The number of rotatable bonds is 4. The lowest BCUT2D eigenvalue weighted by atomic mass is 9.70. The fourth-order valence-corrected chi connectivity index (χ4v) is 2.58. The molecule has 0 spiro atoms. The SMILES string of the molecule is CC(C)(CNC(=O)c1cccc(F)c1)C1(O)CCOCC1. The molecule has 1 aliphatic heterocycles. The summed E-state index contributed by atoms with van der Waals surface area (Å²) in [4.78, 5) is 12.0. The van der Waals surface area contributed by atoms with Crippen molar-refractivity contribution < 1.29 is 19.0 Å². The number of carbonyl (C=O) groups is 1. The molecule has 0 aliphatic carbocycles. The summed E-state index contributed by atoms with van der Waals surface area (Å²) in [6.45, 7) is 5.21. The molecule has 0 saturated carbocycles. The second-order valence-electron chi connectivity index (χ2n) is 6.22. The van der Waals surface area contributed by atoms with Crippen LogP contribution in [0.25, 0.3) is 0 Å². The minimum absolute atomic E-state index is 0.282. The van der Waals surface area contributed by atoms with Gasteiger partial charge in [-0.1, -0.05) is 19.9 Å². The zero-order chi connectivity index (χ0) is 15.5. The first-order chi connectivity index (χ1) is 9.84. The van der Waals surface area contributed by atoms with Crippen LogP contribution in [0.2, 0.25) is 0 Å². The van der Waals surface area contributed by atoms with Gasteiger partial charge >= 0.3 is 0 Å². The highest BCUT2D eigenvalue weighted by molar-refractivity contribution is 5.94. The minimum Gasteiger partial charge on any atom is -0.389 e. The molecule has 4 nitrogen and oxygen atoms in total. The van der Waals surface area contributed by atoms with Crippen molar-refractivity contribution in [3.05, 3.63) is 35.6 Å². The number of amides is 1. The first kappa shape index (κ1) is 15.9. The number of ether oxygens (including phenoxy) is 1. The molecule has 1 heterocycles. The van der Waals surface area contributed by atoms with Crippen molar-refractivity contribution in [3.8, 4) is 0 Å². The van der Waals surface area contributed by atoms with Crippen LogP contribution in [-0.2, 0) is 4.74 Å². The number of aliphatic hydroxyl groups is 1. The number of halogens is 1. The van der Waals surface area contributed by atoms with Gasteiger partial charge in [0.25, 0.3) is 5.91 Å². The average molecular weight is 295 g/mol. The third-order valence-electron chi connectivity index (χ3n) is 4.36. The number of carbonyl (C=O) groups excluding carboxylic acids is 1. The zero-order valence-corrected chi connectivity index (χ0v) is 12.5. The highest BCUT2D eigenvalue weighted by Gasteiger charge is 2.44. The topological polar surface area (TPSA) is 58.6 Å². The lowest BCUT2D eigenvalue weighted by Crippen LogP contribution is -2.53. The molecule has 1 amide bonds. The molecule has 116 valence electrons. The zero-order valence-electron chi connectivity index (χ0n) is 12.5. The summed E-state index contributed by atoms with van der Waals surface area (Å²) in [5.41, 5.74) is -1.06. The third kappa shape index (κ3) is 3.60. The maximum Gasteiger partial charge on any atom is 0.251 e. The molecule has 2 N–H and O–H groups in total. The standard InChI is InChI=1S/C16H22FNO3/c1-15(2,16(20)6-8-21-9-7-16)11-18-14(19)12-4-3-5-13(17)10-12/h3-5,10,20H,6-9,11H2,1-2H3,(H,18,19). The number of hydrogen-bond acceptors (Lipinski definition) is 3. The van der Waals surface area contributed by atoms with Gasteiger partial charge in [-0.2, -0.15) is 0 Å². The molecular weight excluding hydrogens is 273 g/mol. The second-order valence-corrected chi connectivity index (χ2v) is 6.22. The minimum atomic E-state index is -0.861. The Morgan fingerprint density at radius 1 is 1.43 bits per heavy atom. The van der Waals surface area contributed by atoms with Gasteiger partial charge < -0.3 is 15.2 Å². The Balaban J connectivity index is 1.99. The van der Waals surface area contributed by atoms with E-state index in [1.165, 1.54) is 18.2 Å². The first-order valence-corrected chi connectivity index (χ1v) is 7.18. The third-order valence-corrected chi connectivity index (χ3v) is 4.36. The van der Waals surface area contributed by atoms with Crippen LogP contribution in [0.1, 0.15) is 37.0 Å². The molecule has 1 saturated heterocycles. The monoisotopic (exact) mass is 295 g/mol. The molecule has 0 bridgehead atoms. The Morgan fingerprint density at radius 2 is 2.10 bits per heavy atom. The quantitative estimate of drug-likeness (QED) is 0.894. The molecule has 1 aliphatic rings. The molecular formula is C16H22FNO3. The summed E-state index contributed by atoms with van der Waals surface area (Å²) >= 11 is 0. The Kier molecular flexibility index (Phi) is 4.64. The Bertz CT molecular complexity index is 510. The Labute approximate surface area is 124 Å². The van der Waals surface area contributed by atoms with Crippen molar-refractivity contribution in [2.45, 2.75) is 32.3 Å². The van der Waals surface area contributed by atoms with Crippen molar-refractivity contribution in [2.24, 2.45) is 5.41 Å². The van der Waals surface area contributed by atoms with Crippen LogP contribution in [-0.4, -0.2) is 36.4 Å². The van der Waals surface area contributed by atoms with E-state index >= 15 is 0 Å². The van der Waals surface area contributed by atoms with Gasteiger partial charge in [0, 0.05) is 43.6 Å². The molecule has 0 aromatic heterocycles. The largest absolute Gasteiger partial charge is 0.389 e. The van der Waals surface area contributed by atoms with Crippen LogP contribution < -0.4 is 5.32 Å². The fourth-order valence-electron chi connectivity index (χ4n) is 2.58. The van der Waals surface area contributed by atoms with Gasteiger partial charge in [0.2, 0.25) is 0 Å². The normalized spacial score (nSPS) is 18.3. The van der Waals surface area contributed by atoms with E-state index in [1.54, 1.807) is 6.07 Å². The predicted molar refractivity (Wildman–Crippen MR) is 77.5 cm³/mol. The Morgan fingerprint density at radius 3 is 2.71 bits per heavy atom. The highest BCUT2D eigenvalue weighted by atomic mass is 19.1. The van der Waals surface area contributed by atoms with Crippen LogP contribution in [0, 0.1) is 11.2 Å². The summed E-state index contributed by atoms with van der Waals surface area (Å²) in [5, 5.41) is 13.5. The van der Waals surface area contributed by atoms with Crippen molar-refractivity contribution in [3.63, 3.8) is 0 Å². The molecule has 1 fully saturated rings. The van der Waals surface area contributed by atoms with Crippen LogP contribution in [0.15, 0.2) is 24.3 Å². The second kappa shape index (κ2) is 6.12. The summed E-state index contributed by atoms with van der Waals surface area (Å²) in [7, 11) is 0. The van der Waals surface area contributed by atoms with Gasteiger partial charge in [-0.3, -0.25) is 4.79 Å². The van der Waals surface area contributed by atoms with E-state index in [1.807, 2.05) is 13.8 Å². The lowest BCUT2D eigenvalue weighted by molar-refractivity contribution is -0.130. The van der Waals surface area contributed by atoms with Crippen LogP contribution in [0.3, 0.4) is 0 Å². The molecule has 0 atom stereocenters. The van der Waals surface area contributed by atoms with Gasteiger partial charge in [0.05, 0.1) is 5.60 Å². The molecule has 0 radical (unpaired) electrons. The lowest BCUT2D eigenvalue weighted by Gasteiger charge is -2.45. The average Bonchev–Trinajstić information content (AvgIpc) is 2.45. The van der Waals surface area contributed by atoms with Gasteiger partial charge in [-0.05, 0) is 18.2 Å². The summed E-state index contributed by atoms with van der Waals surface area (Å²) in [6, 6.07) is 5.56. The number of hydrogen-bond donors (Lipinski definition) is 2. The van der Waals surface area contributed by atoms with E-state index in [9.17, 15) is 14.3 Å². The van der Waals surface area contributed by atoms with Gasteiger partial charge in [-0.25, -0.2) is 4.39 Å². The fraction of sp³-hybridized carbons (Fsp3) is 0.562. The smallest absolute Gasteiger partial charge is 0.251 e. The van der Waals surface area contributed by atoms with Crippen LogP contribution in [0.4, 0.5) is 4.39 Å². The van der Waals surface area contributed by atoms with Crippen molar-refractivity contribution in [2.75, 3.05) is 19.8 Å². The summed E-state index contributed by atoms with van der Waals surface area (Å²) < 4.78 is 18.4. The molecule has 2 rings (SSSR count). The maximum absolute atomic E-state index is 13.1. The van der Waals surface area contributed by atoms with Gasteiger partial charge in [-0.15, -0.1) is 0 Å².